The molecule has 0 N–H and O–H groups in total. The lowest BCUT2D eigenvalue weighted by Crippen LogP contribution is -2.48. The number of halogens is 1. The molecule has 15 heavy (non-hydrogen) atoms. The Kier molecular flexibility index (Phi) is 2.82. The van der Waals surface area contributed by atoms with Gasteiger partial charge >= 0.3 is 0 Å². The van der Waals surface area contributed by atoms with Crippen LogP contribution >= 0.6 is 15.9 Å². The highest BCUT2D eigenvalue weighted by molar-refractivity contribution is 9.09. The second-order valence-corrected chi connectivity index (χ2v) is 7.36. The van der Waals surface area contributed by atoms with E-state index in [-0.39, 0.29) is 0 Å². The van der Waals surface area contributed by atoms with E-state index in [1.807, 2.05) is 0 Å². The van der Waals surface area contributed by atoms with Crippen molar-refractivity contribution in [2.45, 2.75) is 47.0 Å². The highest BCUT2D eigenvalue weighted by Crippen LogP contribution is 2.60. The van der Waals surface area contributed by atoms with E-state index >= 15 is 0 Å². The average Bonchev–Trinajstić information content (AvgIpc) is 2.17. The first-order valence-electron chi connectivity index (χ1n) is 6.12. The summed E-state index contributed by atoms with van der Waals surface area (Å²) in [5, 5.41) is 1.11. The van der Waals surface area contributed by atoms with Crippen LogP contribution in [-0.2, 0) is 0 Å². The molecule has 1 heteroatoms. The molecule has 3 rings (SSSR count). The van der Waals surface area contributed by atoms with Crippen molar-refractivity contribution in [3.63, 3.8) is 0 Å². The maximum absolute atomic E-state index is 3.63. The highest BCUT2D eigenvalue weighted by Gasteiger charge is 2.51. The second-order valence-electron chi connectivity index (χ2n) is 6.80. The Hall–Kier alpha value is 0.220. The summed E-state index contributed by atoms with van der Waals surface area (Å²) in [5.74, 6) is 1.85. The Morgan fingerprint density at radius 1 is 1.47 bits per heavy atom. The van der Waals surface area contributed by atoms with Crippen LogP contribution in [0.2, 0.25) is 0 Å². The fourth-order valence-electron chi connectivity index (χ4n) is 3.28. The minimum atomic E-state index is 0.421. The Balaban J connectivity index is 2.09. The molecule has 1 saturated carbocycles. The Bertz CT molecular complexity index is 286. The van der Waals surface area contributed by atoms with E-state index in [2.05, 4.69) is 49.7 Å². The average molecular weight is 271 g/mol. The van der Waals surface area contributed by atoms with Gasteiger partial charge in [-0.05, 0) is 41.9 Å². The van der Waals surface area contributed by atoms with E-state index < -0.39 is 0 Å². The lowest BCUT2D eigenvalue weighted by atomic mass is 9.48. The van der Waals surface area contributed by atoms with Gasteiger partial charge in [0.15, 0.2) is 0 Å². The summed E-state index contributed by atoms with van der Waals surface area (Å²) >= 11 is 3.63. The molecule has 0 aromatic carbocycles. The molecule has 0 aromatic heterocycles. The van der Waals surface area contributed by atoms with E-state index in [1.54, 1.807) is 5.57 Å². The van der Waals surface area contributed by atoms with E-state index in [1.165, 1.54) is 19.3 Å². The summed E-state index contributed by atoms with van der Waals surface area (Å²) < 4.78 is 0. The fraction of sp³-hybridized carbons (Fsp3) is 0.857. The van der Waals surface area contributed by atoms with Crippen molar-refractivity contribution in [2.24, 2.45) is 22.7 Å². The largest absolute Gasteiger partial charge is 0.0922 e. The Labute approximate surface area is 103 Å². The molecular formula is C14H23Br. The van der Waals surface area contributed by atoms with Gasteiger partial charge in [0.25, 0.3) is 0 Å². The van der Waals surface area contributed by atoms with Crippen LogP contribution in [0.4, 0.5) is 0 Å². The fourth-order valence-corrected chi connectivity index (χ4v) is 3.47. The van der Waals surface area contributed by atoms with Gasteiger partial charge in [0.1, 0.15) is 0 Å². The number of hydrogen-bond donors (Lipinski definition) is 0. The molecule has 0 aromatic rings. The molecule has 86 valence electrons. The van der Waals surface area contributed by atoms with Crippen LogP contribution in [0.5, 0.6) is 0 Å². The first kappa shape index (κ1) is 11.7. The van der Waals surface area contributed by atoms with Gasteiger partial charge < -0.3 is 0 Å². The molecule has 0 radical (unpaired) electrons. The lowest BCUT2D eigenvalue weighted by Gasteiger charge is -2.57. The van der Waals surface area contributed by atoms with E-state index in [0.717, 1.165) is 17.2 Å². The van der Waals surface area contributed by atoms with Crippen LogP contribution in [0.1, 0.15) is 47.0 Å². The van der Waals surface area contributed by atoms with Crippen LogP contribution in [0.15, 0.2) is 11.6 Å². The zero-order valence-electron chi connectivity index (χ0n) is 10.4. The van der Waals surface area contributed by atoms with Crippen molar-refractivity contribution >= 4 is 15.9 Å². The van der Waals surface area contributed by atoms with Gasteiger partial charge in [-0.2, -0.15) is 0 Å². The third kappa shape index (κ3) is 1.92. The van der Waals surface area contributed by atoms with Crippen LogP contribution < -0.4 is 0 Å². The molecule has 0 saturated heterocycles. The van der Waals surface area contributed by atoms with Crippen molar-refractivity contribution in [2.75, 3.05) is 5.33 Å². The zero-order valence-corrected chi connectivity index (χ0v) is 12.0. The number of alkyl halides is 1. The molecule has 0 aliphatic heterocycles. The standard InChI is InChI=1S/C14H23Br/c1-13(2,9-15)8-10-5-6-11-7-12(10)14(11,3)4/h5,11-12H,6-9H2,1-4H3. The van der Waals surface area contributed by atoms with Gasteiger partial charge in [-0.25, -0.2) is 0 Å². The van der Waals surface area contributed by atoms with Crippen molar-refractivity contribution < 1.29 is 0 Å². The summed E-state index contributed by atoms with van der Waals surface area (Å²) in [6.45, 7) is 9.64. The van der Waals surface area contributed by atoms with Crippen molar-refractivity contribution in [1.82, 2.24) is 0 Å². The Morgan fingerprint density at radius 2 is 2.13 bits per heavy atom. The number of rotatable bonds is 3. The van der Waals surface area contributed by atoms with E-state index in [0.29, 0.717) is 10.8 Å². The molecule has 2 atom stereocenters. The molecule has 2 unspecified atom stereocenters. The lowest BCUT2D eigenvalue weighted by molar-refractivity contribution is -0.0107. The molecule has 3 aliphatic rings. The smallest absolute Gasteiger partial charge is 0.00857 e. The summed E-state index contributed by atoms with van der Waals surface area (Å²) in [6.07, 6.45) is 6.60. The number of fused-ring (bicyclic) bond motifs is 1. The molecule has 0 spiro atoms. The normalized spacial score (nSPS) is 33.3. The first-order valence-corrected chi connectivity index (χ1v) is 7.24. The number of allylic oxidation sites excluding steroid dienone is 2. The topological polar surface area (TPSA) is 0 Å². The summed E-state index contributed by atoms with van der Waals surface area (Å²) in [6, 6.07) is 0. The van der Waals surface area contributed by atoms with Gasteiger partial charge in [0.2, 0.25) is 0 Å². The molecule has 3 aliphatic carbocycles. The van der Waals surface area contributed by atoms with Crippen LogP contribution in [0.25, 0.3) is 0 Å². The van der Waals surface area contributed by atoms with Crippen molar-refractivity contribution in [1.29, 1.82) is 0 Å². The molecule has 0 amide bonds. The van der Waals surface area contributed by atoms with Crippen molar-refractivity contribution in [3.05, 3.63) is 11.6 Å². The molecule has 0 nitrogen and oxygen atoms in total. The maximum Gasteiger partial charge on any atom is 0.00857 e. The summed E-state index contributed by atoms with van der Waals surface area (Å²) in [4.78, 5) is 0. The van der Waals surface area contributed by atoms with Crippen LogP contribution in [0.3, 0.4) is 0 Å². The maximum atomic E-state index is 3.63. The third-order valence-electron chi connectivity index (χ3n) is 4.63. The quantitative estimate of drug-likeness (QED) is 0.511. The van der Waals surface area contributed by atoms with Crippen molar-refractivity contribution in [3.8, 4) is 0 Å². The third-order valence-corrected chi connectivity index (χ3v) is 6.15. The molecule has 2 bridgehead atoms. The van der Waals surface area contributed by atoms with Crippen LogP contribution in [-0.4, -0.2) is 5.33 Å². The van der Waals surface area contributed by atoms with E-state index in [4.69, 9.17) is 0 Å². The van der Waals surface area contributed by atoms with Gasteiger partial charge in [-0.15, -0.1) is 0 Å². The minimum Gasteiger partial charge on any atom is -0.0922 e. The summed E-state index contributed by atoms with van der Waals surface area (Å²) in [5.41, 5.74) is 2.75. The second kappa shape index (κ2) is 3.61. The number of hydrogen-bond acceptors (Lipinski definition) is 0. The molecule has 1 fully saturated rings. The monoisotopic (exact) mass is 270 g/mol. The SMILES string of the molecule is CC(C)(CBr)CC1=CCC2CC1C2(C)C. The minimum absolute atomic E-state index is 0.421. The predicted molar refractivity (Wildman–Crippen MR) is 70.3 cm³/mol. The predicted octanol–water partition coefficient (Wildman–Crippen LogP) is 4.79. The highest BCUT2D eigenvalue weighted by atomic mass is 79.9. The van der Waals surface area contributed by atoms with Gasteiger partial charge in [-0.3, -0.25) is 0 Å². The molecular weight excluding hydrogens is 248 g/mol. The Morgan fingerprint density at radius 3 is 2.60 bits per heavy atom. The van der Waals surface area contributed by atoms with Gasteiger partial charge in [0.05, 0.1) is 0 Å². The van der Waals surface area contributed by atoms with Gasteiger partial charge in [0, 0.05) is 5.33 Å². The summed E-state index contributed by atoms with van der Waals surface area (Å²) in [7, 11) is 0. The molecule has 0 heterocycles. The first-order chi connectivity index (χ1) is 6.87. The van der Waals surface area contributed by atoms with Crippen LogP contribution in [0, 0.1) is 22.7 Å². The zero-order chi connectivity index (χ0) is 11.3. The van der Waals surface area contributed by atoms with Gasteiger partial charge in [-0.1, -0.05) is 55.3 Å². The van der Waals surface area contributed by atoms with E-state index in [9.17, 15) is 0 Å².